The number of carbonyl (C=O) groups excluding carboxylic acids is 1. The fourth-order valence-electron chi connectivity index (χ4n) is 3.61. The first kappa shape index (κ1) is 14.0. The van der Waals surface area contributed by atoms with Crippen LogP contribution >= 0.6 is 11.6 Å². The van der Waals surface area contributed by atoms with E-state index in [0.717, 1.165) is 31.6 Å². The van der Waals surface area contributed by atoms with Gasteiger partial charge in [0.2, 0.25) is 0 Å². The molecule has 0 unspecified atom stereocenters. The molecule has 0 radical (unpaired) electrons. The number of ether oxygens (including phenoxy) is 1. The summed E-state index contributed by atoms with van der Waals surface area (Å²) in [7, 11) is 0. The van der Waals surface area contributed by atoms with Crippen molar-refractivity contribution in [3.05, 3.63) is 35.2 Å². The van der Waals surface area contributed by atoms with Crippen LogP contribution < -0.4 is 0 Å². The summed E-state index contributed by atoms with van der Waals surface area (Å²) in [6.07, 6.45) is 6.10. The molecule has 2 aromatic heterocycles. The molecular weight excluding hydrogens is 302 g/mol. The van der Waals surface area contributed by atoms with Gasteiger partial charge in [-0.2, -0.15) is 0 Å². The number of imidazole rings is 1. The van der Waals surface area contributed by atoms with Crippen molar-refractivity contribution in [2.24, 2.45) is 5.92 Å². The number of amides is 1. The van der Waals surface area contributed by atoms with Gasteiger partial charge in [0.1, 0.15) is 11.3 Å². The molecule has 0 aromatic carbocycles. The summed E-state index contributed by atoms with van der Waals surface area (Å²) in [6.45, 7) is 3.61. The molecule has 1 amide bonds. The lowest BCUT2D eigenvalue weighted by atomic mass is 9.93. The van der Waals surface area contributed by atoms with Gasteiger partial charge in [-0.15, -0.1) is 0 Å². The Bertz CT molecular complexity index is 729. The third-order valence-electron chi connectivity index (χ3n) is 4.63. The average Bonchev–Trinajstić information content (AvgIpc) is 3.07. The first-order chi connectivity index (χ1) is 10.6. The molecule has 0 aliphatic carbocycles. The van der Waals surface area contributed by atoms with E-state index in [-0.39, 0.29) is 5.91 Å². The number of hydrogen-bond acceptors (Lipinski definition) is 3. The van der Waals surface area contributed by atoms with Crippen molar-refractivity contribution >= 4 is 23.2 Å². The maximum atomic E-state index is 12.7. The van der Waals surface area contributed by atoms with E-state index in [1.807, 2.05) is 11.0 Å². The van der Waals surface area contributed by atoms with Crippen LogP contribution in [0.4, 0.5) is 0 Å². The van der Waals surface area contributed by atoms with Gasteiger partial charge >= 0.3 is 0 Å². The maximum Gasteiger partial charge on any atom is 0.274 e. The highest BCUT2D eigenvalue weighted by molar-refractivity contribution is 6.30. The largest absolute Gasteiger partial charge is 0.375 e. The minimum absolute atomic E-state index is 0.00201. The van der Waals surface area contributed by atoms with Gasteiger partial charge < -0.3 is 14.0 Å². The van der Waals surface area contributed by atoms with Gasteiger partial charge in [-0.3, -0.25) is 4.79 Å². The summed E-state index contributed by atoms with van der Waals surface area (Å²) in [5.74, 6) is 0.456. The summed E-state index contributed by atoms with van der Waals surface area (Å²) < 4.78 is 7.68. The quantitative estimate of drug-likeness (QED) is 0.812. The predicted molar refractivity (Wildman–Crippen MR) is 83.2 cm³/mol. The van der Waals surface area contributed by atoms with Gasteiger partial charge in [0, 0.05) is 31.4 Å². The number of hydrogen-bond donors (Lipinski definition) is 0. The van der Waals surface area contributed by atoms with E-state index in [1.54, 1.807) is 22.9 Å². The zero-order valence-corrected chi connectivity index (χ0v) is 13.2. The molecule has 2 aromatic rings. The van der Waals surface area contributed by atoms with Crippen molar-refractivity contribution in [1.82, 2.24) is 14.3 Å². The van der Waals surface area contributed by atoms with Crippen LogP contribution in [0.1, 0.15) is 30.3 Å². The standard InChI is InChI=1S/C16H18ClN3O2/c1-10-6-11-7-19(5-4-14(11)22-10)16(21)13-9-20-8-12(17)2-3-15(20)18-13/h2-3,8-11,14H,4-7H2,1H3/t10-,11-,14+/m1/s1. The van der Waals surface area contributed by atoms with E-state index in [4.69, 9.17) is 16.3 Å². The Balaban J connectivity index is 1.55. The van der Waals surface area contributed by atoms with E-state index in [9.17, 15) is 4.79 Å². The number of carbonyl (C=O) groups is 1. The Morgan fingerprint density at radius 2 is 2.27 bits per heavy atom. The number of nitrogens with zero attached hydrogens (tertiary/aromatic N) is 3. The van der Waals surface area contributed by atoms with Crippen molar-refractivity contribution in [1.29, 1.82) is 0 Å². The Labute approximate surface area is 133 Å². The summed E-state index contributed by atoms with van der Waals surface area (Å²) in [6, 6.07) is 3.60. The van der Waals surface area contributed by atoms with Gasteiger partial charge in [-0.05, 0) is 31.9 Å². The first-order valence-electron chi connectivity index (χ1n) is 7.69. The fraction of sp³-hybridized carbons (Fsp3) is 0.500. The van der Waals surface area contributed by atoms with Crippen LogP contribution in [-0.4, -0.2) is 45.5 Å². The van der Waals surface area contributed by atoms with E-state index >= 15 is 0 Å². The number of pyridine rings is 1. The molecule has 3 atom stereocenters. The number of rotatable bonds is 1. The molecule has 0 spiro atoms. The number of halogens is 1. The lowest BCUT2D eigenvalue weighted by Crippen LogP contribution is -2.44. The molecule has 4 rings (SSSR count). The highest BCUT2D eigenvalue weighted by atomic mass is 35.5. The molecule has 0 saturated carbocycles. The van der Waals surface area contributed by atoms with Crippen LogP contribution in [0.25, 0.3) is 5.65 Å². The second-order valence-corrected chi connectivity index (χ2v) is 6.70. The van der Waals surface area contributed by atoms with Crippen molar-refractivity contribution in [2.75, 3.05) is 13.1 Å². The summed E-state index contributed by atoms with van der Waals surface area (Å²) in [5.41, 5.74) is 1.22. The van der Waals surface area contributed by atoms with Gasteiger partial charge in [0.15, 0.2) is 0 Å². The van der Waals surface area contributed by atoms with Crippen molar-refractivity contribution < 1.29 is 9.53 Å². The highest BCUT2D eigenvalue weighted by Crippen LogP contribution is 2.33. The van der Waals surface area contributed by atoms with Crippen molar-refractivity contribution in [2.45, 2.75) is 32.0 Å². The average molecular weight is 320 g/mol. The number of fused-ring (bicyclic) bond motifs is 2. The van der Waals surface area contributed by atoms with Crippen LogP contribution in [0, 0.1) is 5.92 Å². The molecular formula is C16H18ClN3O2. The predicted octanol–water partition coefficient (Wildman–Crippen LogP) is 2.63. The van der Waals surface area contributed by atoms with E-state index in [1.165, 1.54) is 0 Å². The molecule has 2 aliphatic heterocycles. The SMILES string of the molecule is C[C@@H]1C[C@@H]2CN(C(=O)c3cn4cc(Cl)ccc4n3)CC[C@@H]2O1. The van der Waals surface area contributed by atoms with Crippen LogP contribution in [0.5, 0.6) is 0 Å². The van der Waals surface area contributed by atoms with E-state index in [2.05, 4.69) is 11.9 Å². The Morgan fingerprint density at radius 1 is 1.41 bits per heavy atom. The third-order valence-corrected chi connectivity index (χ3v) is 4.85. The van der Waals surface area contributed by atoms with E-state index < -0.39 is 0 Å². The third kappa shape index (κ3) is 2.38. The van der Waals surface area contributed by atoms with Crippen molar-refractivity contribution in [3.63, 3.8) is 0 Å². The zero-order chi connectivity index (χ0) is 15.3. The van der Waals surface area contributed by atoms with E-state index in [0.29, 0.717) is 28.8 Å². The van der Waals surface area contributed by atoms with Crippen LogP contribution in [-0.2, 0) is 4.74 Å². The summed E-state index contributed by atoms with van der Waals surface area (Å²) in [5, 5.41) is 0.627. The molecule has 5 nitrogen and oxygen atoms in total. The molecule has 116 valence electrons. The Hall–Kier alpha value is -1.59. The highest BCUT2D eigenvalue weighted by Gasteiger charge is 2.39. The van der Waals surface area contributed by atoms with Crippen LogP contribution in [0.2, 0.25) is 5.02 Å². The monoisotopic (exact) mass is 319 g/mol. The van der Waals surface area contributed by atoms with Gasteiger partial charge in [0.25, 0.3) is 5.91 Å². The van der Waals surface area contributed by atoms with Crippen LogP contribution in [0.3, 0.4) is 0 Å². The number of likely N-dealkylation sites (tertiary alicyclic amines) is 1. The number of aromatic nitrogens is 2. The molecule has 0 bridgehead atoms. The second-order valence-electron chi connectivity index (χ2n) is 6.26. The Morgan fingerprint density at radius 3 is 3.14 bits per heavy atom. The molecule has 4 heterocycles. The zero-order valence-electron chi connectivity index (χ0n) is 12.4. The molecule has 2 saturated heterocycles. The first-order valence-corrected chi connectivity index (χ1v) is 8.07. The van der Waals surface area contributed by atoms with Crippen LogP contribution in [0.15, 0.2) is 24.5 Å². The molecule has 22 heavy (non-hydrogen) atoms. The molecule has 2 aliphatic rings. The fourth-order valence-corrected chi connectivity index (χ4v) is 3.78. The summed E-state index contributed by atoms with van der Waals surface area (Å²) >= 11 is 5.97. The molecule has 2 fully saturated rings. The van der Waals surface area contributed by atoms with Gasteiger partial charge in [0.05, 0.1) is 17.2 Å². The topological polar surface area (TPSA) is 46.8 Å². The molecule has 6 heteroatoms. The molecule has 0 N–H and O–H groups in total. The second kappa shape index (κ2) is 5.25. The minimum atomic E-state index is -0.00201. The number of piperidine rings is 1. The minimum Gasteiger partial charge on any atom is -0.375 e. The summed E-state index contributed by atoms with van der Waals surface area (Å²) in [4.78, 5) is 19.0. The van der Waals surface area contributed by atoms with Gasteiger partial charge in [-0.1, -0.05) is 11.6 Å². The van der Waals surface area contributed by atoms with Gasteiger partial charge in [-0.25, -0.2) is 4.98 Å². The lowest BCUT2D eigenvalue weighted by molar-refractivity contribution is 0.00851. The maximum absolute atomic E-state index is 12.7. The van der Waals surface area contributed by atoms with Crippen molar-refractivity contribution in [3.8, 4) is 0 Å². The smallest absolute Gasteiger partial charge is 0.274 e. The normalized spacial score (nSPS) is 28.1. The Kier molecular flexibility index (Phi) is 3.35. The lowest BCUT2D eigenvalue weighted by Gasteiger charge is -2.33.